The SMILES string of the molecule is CC/C=C\C/C=C\C/C=C\CCCCCCCC(=O)OCC1OC(OC2CCC3(C)C(=CCC4C3CCC3(C)C(C(C)CCCC(C)C)CCC43)C2)C(O)C(O)C1O. The van der Waals surface area contributed by atoms with Gasteiger partial charge in [-0.15, -0.1) is 0 Å². The minimum absolute atomic E-state index is 0.145. The summed E-state index contributed by atoms with van der Waals surface area (Å²) in [7, 11) is 0. The molecule has 5 rings (SSSR count). The molecule has 5 aliphatic rings. The van der Waals surface area contributed by atoms with Crippen LogP contribution in [0.3, 0.4) is 0 Å². The van der Waals surface area contributed by atoms with E-state index in [1.54, 1.807) is 0 Å². The molecule has 1 heterocycles. The Morgan fingerprint density at radius 2 is 1.55 bits per heavy atom. The van der Waals surface area contributed by atoms with Crippen LogP contribution in [0.4, 0.5) is 0 Å². The number of ether oxygens (including phenoxy) is 3. The van der Waals surface area contributed by atoms with Crippen molar-refractivity contribution in [2.75, 3.05) is 6.61 Å². The molecular formula is C51H84O7. The van der Waals surface area contributed by atoms with Gasteiger partial charge in [0.2, 0.25) is 0 Å². The quantitative estimate of drug-likeness (QED) is 0.0568. The second-order valence-electron chi connectivity index (χ2n) is 20.1. The number of aliphatic hydroxyl groups is 3. The van der Waals surface area contributed by atoms with Crippen molar-refractivity contribution in [3.63, 3.8) is 0 Å². The van der Waals surface area contributed by atoms with Crippen LogP contribution in [0.2, 0.25) is 0 Å². The molecule has 0 spiro atoms. The van der Waals surface area contributed by atoms with E-state index in [9.17, 15) is 20.1 Å². The summed E-state index contributed by atoms with van der Waals surface area (Å²) in [4.78, 5) is 12.6. The van der Waals surface area contributed by atoms with Crippen molar-refractivity contribution in [1.82, 2.24) is 0 Å². The van der Waals surface area contributed by atoms with Crippen LogP contribution in [0.1, 0.15) is 176 Å². The lowest BCUT2D eigenvalue weighted by molar-refractivity contribution is -0.313. The highest BCUT2D eigenvalue weighted by molar-refractivity contribution is 5.69. The second kappa shape index (κ2) is 22.9. The number of hydrogen-bond donors (Lipinski definition) is 3. The summed E-state index contributed by atoms with van der Waals surface area (Å²) in [5, 5.41) is 32.5. The van der Waals surface area contributed by atoms with Crippen LogP contribution in [-0.2, 0) is 19.0 Å². The van der Waals surface area contributed by atoms with Gasteiger partial charge in [0.1, 0.15) is 31.0 Å². The van der Waals surface area contributed by atoms with Crippen LogP contribution in [-0.4, -0.2) is 64.7 Å². The third kappa shape index (κ3) is 12.2. The molecule has 0 amide bonds. The molecule has 330 valence electrons. The van der Waals surface area contributed by atoms with E-state index in [2.05, 4.69) is 84.1 Å². The number of esters is 1. The van der Waals surface area contributed by atoms with E-state index < -0.39 is 30.7 Å². The number of hydrogen-bond acceptors (Lipinski definition) is 7. The molecule has 3 N–H and O–H groups in total. The molecule has 13 unspecified atom stereocenters. The van der Waals surface area contributed by atoms with Crippen molar-refractivity contribution in [2.45, 2.75) is 213 Å². The molecule has 0 aromatic rings. The summed E-state index contributed by atoms with van der Waals surface area (Å²) < 4.78 is 18.0. The van der Waals surface area contributed by atoms with Gasteiger partial charge in [0.05, 0.1) is 6.10 Å². The Bertz CT molecular complexity index is 1370. The Kier molecular flexibility index (Phi) is 18.7. The van der Waals surface area contributed by atoms with Crippen LogP contribution < -0.4 is 0 Å². The first-order chi connectivity index (χ1) is 27.9. The second-order valence-corrected chi connectivity index (χ2v) is 20.1. The summed E-state index contributed by atoms with van der Waals surface area (Å²) >= 11 is 0. The Hall–Kier alpha value is -1.77. The molecule has 7 nitrogen and oxygen atoms in total. The van der Waals surface area contributed by atoms with Crippen molar-refractivity contribution in [3.05, 3.63) is 48.1 Å². The van der Waals surface area contributed by atoms with Gasteiger partial charge in [-0.1, -0.05) is 128 Å². The number of rotatable bonds is 22. The fourth-order valence-electron chi connectivity index (χ4n) is 12.3. The molecule has 4 fully saturated rings. The molecule has 1 saturated heterocycles. The highest BCUT2D eigenvalue weighted by Crippen LogP contribution is 2.67. The van der Waals surface area contributed by atoms with Gasteiger partial charge in [-0.3, -0.25) is 4.79 Å². The Labute approximate surface area is 353 Å². The largest absolute Gasteiger partial charge is 0.463 e. The normalized spacial score (nSPS) is 37.0. The minimum Gasteiger partial charge on any atom is -0.463 e. The van der Waals surface area contributed by atoms with Crippen LogP contribution in [0.25, 0.3) is 0 Å². The Morgan fingerprint density at radius 1 is 0.828 bits per heavy atom. The Balaban J connectivity index is 1.02. The first kappa shape index (κ1) is 47.3. The van der Waals surface area contributed by atoms with E-state index >= 15 is 0 Å². The van der Waals surface area contributed by atoms with Crippen molar-refractivity contribution < 1.29 is 34.3 Å². The molecule has 13 atom stereocenters. The highest BCUT2D eigenvalue weighted by atomic mass is 16.7. The van der Waals surface area contributed by atoms with Gasteiger partial charge in [-0.25, -0.2) is 0 Å². The van der Waals surface area contributed by atoms with E-state index in [4.69, 9.17) is 14.2 Å². The molecular weight excluding hydrogens is 725 g/mol. The fraction of sp³-hybridized carbons (Fsp3) is 0.824. The van der Waals surface area contributed by atoms with Crippen molar-refractivity contribution in [3.8, 4) is 0 Å². The zero-order chi connectivity index (χ0) is 41.7. The first-order valence-electron chi connectivity index (χ1n) is 24.0. The van der Waals surface area contributed by atoms with Crippen molar-refractivity contribution in [1.29, 1.82) is 0 Å². The van der Waals surface area contributed by atoms with Crippen LogP contribution >= 0.6 is 0 Å². The summed E-state index contributed by atoms with van der Waals surface area (Å²) in [6.45, 7) is 14.4. The number of allylic oxidation sites excluding steroid dienone is 7. The summed E-state index contributed by atoms with van der Waals surface area (Å²) in [5.74, 6) is 4.40. The summed E-state index contributed by atoms with van der Waals surface area (Å²) in [6.07, 6.45) is 32.4. The lowest BCUT2D eigenvalue weighted by Gasteiger charge is -2.58. The standard InChI is InChI=1S/C51H84O7/c1-7-8-9-10-11-12-13-14-15-16-17-18-19-20-21-25-45(52)56-35-44-46(53)47(54)48(55)49(58-44)57-39-30-32-50(5)38(34-39)26-27-40-42-29-28-41(37(4)24-22-23-36(2)3)51(42,6)33-31-43(40)50/h8-9,11-12,14-15,26,36-37,39-44,46-49,53-55H,7,10,13,16-25,27-35H2,1-6H3/b9-8-,12-11-,15-14-. The smallest absolute Gasteiger partial charge is 0.305 e. The monoisotopic (exact) mass is 809 g/mol. The number of unbranched alkanes of at least 4 members (excludes halogenated alkanes) is 5. The predicted octanol–water partition coefficient (Wildman–Crippen LogP) is 11.4. The minimum atomic E-state index is -1.45. The molecule has 0 aromatic heterocycles. The van der Waals surface area contributed by atoms with Crippen molar-refractivity contribution in [2.24, 2.45) is 46.3 Å². The maximum absolute atomic E-state index is 12.6. The summed E-state index contributed by atoms with van der Waals surface area (Å²) in [6, 6.07) is 0. The zero-order valence-corrected chi connectivity index (χ0v) is 37.5. The molecule has 1 aliphatic heterocycles. The molecule has 4 aliphatic carbocycles. The zero-order valence-electron chi connectivity index (χ0n) is 37.5. The molecule has 58 heavy (non-hydrogen) atoms. The van der Waals surface area contributed by atoms with Gasteiger partial charge >= 0.3 is 5.97 Å². The van der Waals surface area contributed by atoms with Gasteiger partial charge in [0.15, 0.2) is 6.29 Å². The third-order valence-corrected chi connectivity index (χ3v) is 15.7. The van der Waals surface area contributed by atoms with Crippen LogP contribution in [0.5, 0.6) is 0 Å². The number of carbonyl (C=O) groups excluding carboxylic acids is 1. The van der Waals surface area contributed by atoms with Gasteiger partial charge < -0.3 is 29.5 Å². The number of carbonyl (C=O) groups is 1. The van der Waals surface area contributed by atoms with E-state index in [-0.39, 0.29) is 24.1 Å². The van der Waals surface area contributed by atoms with Gasteiger partial charge in [-0.2, -0.15) is 0 Å². The van der Waals surface area contributed by atoms with Gasteiger partial charge in [0.25, 0.3) is 0 Å². The van der Waals surface area contributed by atoms with E-state index in [0.29, 0.717) is 17.8 Å². The highest BCUT2D eigenvalue weighted by Gasteiger charge is 2.59. The average Bonchev–Trinajstić information content (AvgIpc) is 3.56. The van der Waals surface area contributed by atoms with E-state index in [1.807, 2.05) is 0 Å². The predicted molar refractivity (Wildman–Crippen MR) is 235 cm³/mol. The lowest BCUT2D eigenvalue weighted by atomic mass is 9.47. The Morgan fingerprint density at radius 3 is 2.31 bits per heavy atom. The van der Waals surface area contributed by atoms with Gasteiger partial charge in [-0.05, 0) is 136 Å². The summed E-state index contributed by atoms with van der Waals surface area (Å²) in [5.41, 5.74) is 2.13. The van der Waals surface area contributed by atoms with Crippen LogP contribution in [0, 0.1) is 46.3 Å². The van der Waals surface area contributed by atoms with Crippen molar-refractivity contribution >= 4 is 5.97 Å². The average molecular weight is 809 g/mol. The topological polar surface area (TPSA) is 105 Å². The first-order valence-corrected chi connectivity index (χ1v) is 24.0. The van der Waals surface area contributed by atoms with Gasteiger partial charge in [0, 0.05) is 6.42 Å². The fourth-order valence-corrected chi connectivity index (χ4v) is 12.3. The molecule has 7 heteroatoms. The lowest BCUT2D eigenvalue weighted by Crippen LogP contribution is -2.60. The van der Waals surface area contributed by atoms with Crippen LogP contribution in [0.15, 0.2) is 48.1 Å². The third-order valence-electron chi connectivity index (χ3n) is 15.7. The molecule has 0 aromatic carbocycles. The molecule has 0 radical (unpaired) electrons. The van der Waals surface area contributed by atoms with E-state index in [0.717, 1.165) is 113 Å². The number of fused-ring (bicyclic) bond motifs is 5. The molecule has 3 saturated carbocycles. The number of aliphatic hydroxyl groups excluding tert-OH is 3. The van der Waals surface area contributed by atoms with E-state index in [1.165, 1.54) is 50.5 Å². The maximum atomic E-state index is 12.6. The maximum Gasteiger partial charge on any atom is 0.305 e. The molecule has 0 bridgehead atoms.